The molecule has 0 spiro atoms. The molecule has 118 valence electrons. The zero-order valence-electron chi connectivity index (χ0n) is 14.1. The van der Waals surface area contributed by atoms with Crippen molar-refractivity contribution in [1.82, 2.24) is 0 Å². The van der Waals surface area contributed by atoms with E-state index in [9.17, 15) is 19.8 Å². The Morgan fingerprint density at radius 3 is 1.04 bits per heavy atom. The minimum atomic E-state index is -2.86. The molecule has 0 amide bonds. The molecule has 2 aromatic rings. The smallest absolute Gasteiger partial charge is 0.750 e. The fourth-order valence-corrected chi connectivity index (χ4v) is 1.15. The summed E-state index contributed by atoms with van der Waals surface area (Å²) in [5.74, 6) is -2.26. The van der Waals surface area contributed by atoms with Crippen molar-refractivity contribution in [3.8, 4) is 0 Å². The van der Waals surface area contributed by atoms with Crippen molar-refractivity contribution >= 4 is 23.3 Å². The molecule has 0 saturated heterocycles. The number of carbonyl (C=O) groups is 2. The van der Waals surface area contributed by atoms with Crippen LogP contribution in [0.4, 0.5) is 0 Å². The summed E-state index contributed by atoms with van der Waals surface area (Å²) in [4.78, 5) is 20.2. The second kappa shape index (κ2) is 20.8. The number of carboxylic acids is 2. The maximum Gasteiger partial charge on any atom is 1.00 e. The Morgan fingerprint density at radius 1 is 0.720 bits per heavy atom. The molecule has 1 unspecified atom stereocenters. The zero-order valence-corrected chi connectivity index (χ0v) is 20.9. The Labute approximate surface area is 214 Å². The predicted octanol–water partition coefficient (Wildman–Crippen LogP) is -9.55. The summed E-state index contributed by atoms with van der Waals surface area (Å²) >= 11 is -2.86. The van der Waals surface area contributed by atoms with Crippen LogP contribution in [0.1, 0.15) is 20.7 Å². The second-order valence-corrected chi connectivity index (χ2v) is 3.96. The van der Waals surface area contributed by atoms with Gasteiger partial charge in [0.25, 0.3) is 0 Å². The third-order valence-electron chi connectivity index (χ3n) is 2.02. The minimum Gasteiger partial charge on any atom is -0.750 e. The number of rotatable bonds is 2. The van der Waals surface area contributed by atoms with E-state index in [1.54, 1.807) is 36.4 Å². The van der Waals surface area contributed by atoms with Crippen molar-refractivity contribution < 1.29 is 122 Å². The van der Waals surface area contributed by atoms with Gasteiger partial charge in [0.15, 0.2) is 0 Å². The van der Waals surface area contributed by atoms with Crippen LogP contribution in [0.15, 0.2) is 60.7 Å². The summed E-state index contributed by atoms with van der Waals surface area (Å²) in [6, 6.07) is 16.1. The van der Waals surface area contributed by atoms with Crippen LogP contribution in [0.25, 0.3) is 0 Å². The molecule has 1 atom stereocenters. The van der Waals surface area contributed by atoms with Crippen LogP contribution < -0.4 is 98.9 Å². The minimum absolute atomic E-state index is 0. The molecule has 0 aliphatic rings. The quantitative estimate of drug-likeness (QED) is 0.395. The van der Waals surface area contributed by atoms with E-state index in [0.717, 1.165) is 0 Å². The van der Waals surface area contributed by atoms with Crippen molar-refractivity contribution in [2.24, 2.45) is 0 Å². The molecule has 0 radical (unpaired) electrons. The third kappa shape index (κ3) is 20.6. The average molecular weight is 392 g/mol. The van der Waals surface area contributed by atoms with Crippen LogP contribution >= 0.6 is 0 Å². The molecule has 0 bridgehead atoms. The molecule has 0 aliphatic heterocycles. The standard InChI is InChI=1S/2C7H6O2.3Na.H2O3S/c2*8-7(9)6-4-2-1-3-5-6;;;;1-4(2)3/h2*1-5H,(H,8,9);;;;(H2,1,2,3)/q;;3*+1;/p-3. The van der Waals surface area contributed by atoms with Gasteiger partial charge in [-0.2, -0.15) is 0 Å². The van der Waals surface area contributed by atoms with Gasteiger partial charge in [-0.1, -0.05) is 60.7 Å². The Hall–Kier alpha value is 0.450. The fraction of sp³-hybridized carbons (Fsp3) is 0. The maximum absolute atomic E-state index is 10.1. The van der Waals surface area contributed by atoms with Gasteiger partial charge in [0.1, 0.15) is 0 Å². The van der Waals surface area contributed by atoms with Gasteiger partial charge in [0.05, 0.1) is 23.3 Å². The number of carboxylic acid groups (broad SMARTS) is 2. The van der Waals surface area contributed by atoms with Crippen molar-refractivity contribution in [2.75, 3.05) is 0 Å². The summed E-state index contributed by atoms with van der Waals surface area (Å²) in [7, 11) is 0. The zero-order chi connectivity index (χ0) is 17.0. The third-order valence-corrected chi connectivity index (χ3v) is 2.02. The van der Waals surface area contributed by atoms with E-state index in [4.69, 9.17) is 13.3 Å². The number of benzene rings is 2. The van der Waals surface area contributed by atoms with E-state index >= 15 is 0 Å². The summed E-state index contributed by atoms with van der Waals surface area (Å²) in [6.07, 6.45) is 0. The Morgan fingerprint density at radius 2 is 0.920 bits per heavy atom. The summed E-state index contributed by atoms with van der Waals surface area (Å²) in [5, 5.41) is 20.2. The fourth-order valence-electron chi connectivity index (χ4n) is 1.15. The average Bonchev–Trinajstić information content (AvgIpc) is 2.49. The number of hydrogen-bond acceptors (Lipinski definition) is 6. The first-order valence-corrected chi connectivity index (χ1v) is 6.69. The molecule has 25 heavy (non-hydrogen) atoms. The topological polar surface area (TPSA) is 141 Å². The number of carbonyl (C=O) groups excluding carboxylic acids is 2. The van der Waals surface area contributed by atoms with E-state index in [1.165, 1.54) is 24.3 Å². The Balaban J connectivity index is -0.000000133. The van der Waals surface area contributed by atoms with Gasteiger partial charge in [-0.25, -0.2) is 4.21 Å². The van der Waals surface area contributed by atoms with Crippen molar-refractivity contribution in [2.45, 2.75) is 0 Å². The van der Waals surface area contributed by atoms with E-state index < -0.39 is 23.3 Å². The molecule has 0 heterocycles. The van der Waals surface area contributed by atoms with E-state index in [2.05, 4.69) is 0 Å². The molecule has 2 rings (SSSR count). The summed E-state index contributed by atoms with van der Waals surface area (Å²) in [6.45, 7) is 0. The largest absolute Gasteiger partial charge is 1.00 e. The molecule has 1 N–H and O–H groups in total. The molecular weight excluding hydrogens is 381 g/mol. The predicted molar refractivity (Wildman–Crippen MR) is 73.1 cm³/mol. The molecular formula is C14H11Na3O7S. The van der Waals surface area contributed by atoms with E-state index in [0.29, 0.717) is 0 Å². The van der Waals surface area contributed by atoms with Crippen LogP contribution in [0.2, 0.25) is 0 Å². The first-order valence-electron chi connectivity index (χ1n) is 5.65. The van der Waals surface area contributed by atoms with Crippen molar-refractivity contribution in [1.29, 1.82) is 0 Å². The van der Waals surface area contributed by atoms with Gasteiger partial charge in [0, 0.05) is 0 Å². The SMILES string of the molecule is O=C([O-])c1ccccc1.O=C([O-])c1ccccc1.O=S([O-])O.[Na+].[Na+].[Na+]. The Kier molecular flexibility index (Phi) is 27.5. The monoisotopic (exact) mass is 392 g/mol. The van der Waals surface area contributed by atoms with Gasteiger partial charge in [-0.3, -0.25) is 0 Å². The molecule has 11 heteroatoms. The molecule has 7 nitrogen and oxygen atoms in total. The molecule has 0 fully saturated rings. The molecule has 0 aliphatic carbocycles. The van der Waals surface area contributed by atoms with Crippen LogP contribution in [-0.4, -0.2) is 25.3 Å². The maximum atomic E-state index is 10.1. The van der Waals surface area contributed by atoms with Crippen LogP contribution in [0.3, 0.4) is 0 Å². The van der Waals surface area contributed by atoms with Gasteiger partial charge >= 0.3 is 88.7 Å². The van der Waals surface area contributed by atoms with Crippen LogP contribution in [0.5, 0.6) is 0 Å². The first-order chi connectivity index (χ1) is 10.3. The molecule has 0 aromatic heterocycles. The Bertz CT molecular complexity index is 559. The van der Waals surface area contributed by atoms with Crippen LogP contribution in [0, 0.1) is 0 Å². The van der Waals surface area contributed by atoms with Gasteiger partial charge in [-0.05, 0) is 11.1 Å². The van der Waals surface area contributed by atoms with Crippen molar-refractivity contribution in [3.05, 3.63) is 71.8 Å². The molecule has 2 aromatic carbocycles. The first kappa shape index (κ1) is 33.1. The van der Waals surface area contributed by atoms with Gasteiger partial charge < -0.3 is 28.9 Å². The van der Waals surface area contributed by atoms with Gasteiger partial charge in [0.2, 0.25) is 0 Å². The van der Waals surface area contributed by atoms with E-state index in [-0.39, 0.29) is 99.8 Å². The normalized spacial score (nSPS) is 8.88. The number of aromatic carboxylic acids is 2. The van der Waals surface area contributed by atoms with Crippen LogP contribution in [-0.2, 0) is 11.4 Å². The molecule has 0 saturated carbocycles. The van der Waals surface area contributed by atoms with Gasteiger partial charge in [-0.15, -0.1) is 0 Å². The number of hydrogen-bond donors (Lipinski definition) is 1. The van der Waals surface area contributed by atoms with Crippen molar-refractivity contribution in [3.63, 3.8) is 0 Å². The summed E-state index contributed by atoms with van der Waals surface area (Å²) < 4.78 is 24.1. The second-order valence-electron chi connectivity index (χ2n) is 3.52. The van der Waals surface area contributed by atoms with E-state index in [1.807, 2.05) is 0 Å². The summed E-state index contributed by atoms with van der Waals surface area (Å²) in [5.41, 5.74) is 0.440.